The molecule has 0 heterocycles. The number of rotatable bonds is 3. The molecule has 2 nitrogen and oxygen atoms in total. The second-order valence-electron chi connectivity index (χ2n) is 6.87. The van der Waals surface area contributed by atoms with Gasteiger partial charge in [-0.05, 0) is 33.9 Å². The van der Waals surface area contributed by atoms with Crippen molar-refractivity contribution in [3.8, 4) is 16.9 Å². The summed E-state index contributed by atoms with van der Waals surface area (Å²) in [7, 11) is 0. The third kappa shape index (κ3) is 2.37. The molecule has 1 aliphatic rings. The molecule has 0 aromatic heterocycles. The van der Waals surface area contributed by atoms with Crippen LogP contribution in [0.5, 0.6) is 5.75 Å². The fourth-order valence-corrected chi connectivity index (χ4v) is 3.85. The Morgan fingerprint density at radius 2 is 1.32 bits per heavy atom. The first-order valence-electron chi connectivity index (χ1n) is 8.64. The molecule has 124 valence electrons. The molecule has 4 rings (SSSR count). The molecule has 0 radical (unpaired) electrons. The van der Waals surface area contributed by atoms with Gasteiger partial charge in [-0.2, -0.15) is 0 Å². The summed E-state index contributed by atoms with van der Waals surface area (Å²) in [6.07, 6.45) is 0. The van der Waals surface area contributed by atoms with E-state index in [0.29, 0.717) is 5.56 Å². The first kappa shape index (κ1) is 15.6. The Labute approximate surface area is 147 Å². The zero-order chi connectivity index (χ0) is 17.6. The van der Waals surface area contributed by atoms with Crippen LogP contribution in [0.4, 0.5) is 0 Å². The molecule has 0 aliphatic heterocycles. The van der Waals surface area contributed by atoms with Crippen molar-refractivity contribution in [1.29, 1.82) is 0 Å². The van der Waals surface area contributed by atoms with Crippen LogP contribution >= 0.6 is 0 Å². The summed E-state index contributed by atoms with van der Waals surface area (Å²) in [6.45, 7) is 3.74. The number of phenolic OH excluding ortho intramolecular Hbond substituents is 1. The summed E-state index contributed by atoms with van der Waals surface area (Å²) in [6, 6.07) is 22.0. The number of hydrogen-bond acceptors (Lipinski definition) is 2. The van der Waals surface area contributed by atoms with Crippen LogP contribution < -0.4 is 0 Å². The van der Waals surface area contributed by atoms with Crippen molar-refractivity contribution in [2.45, 2.75) is 19.8 Å². The Morgan fingerprint density at radius 1 is 0.800 bits per heavy atom. The lowest BCUT2D eigenvalue weighted by Crippen LogP contribution is -2.13. The van der Waals surface area contributed by atoms with Gasteiger partial charge in [0.2, 0.25) is 0 Å². The van der Waals surface area contributed by atoms with Crippen LogP contribution in [0, 0.1) is 5.92 Å². The first-order chi connectivity index (χ1) is 12.1. The zero-order valence-corrected chi connectivity index (χ0v) is 14.4. The molecule has 1 aliphatic carbocycles. The van der Waals surface area contributed by atoms with E-state index in [1.54, 1.807) is 6.07 Å². The van der Waals surface area contributed by atoms with Crippen LogP contribution in [0.2, 0.25) is 0 Å². The quantitative estimate of drug-likeness (QED) is 0.512. The number of fused-ring (bicyclic) bond motifs is 3. The molecular weight excluding hydrogens is 308 g/mol. The van der Waals surface area contributed by atoms with Gasteiger partial charge in [0.1, 0.15) is 5.75 Å². The zero-order valence-electron chi connectivity index (χ0n) is 14.4. The van der Waals surface area contributed by atoms with Crippen LogP contribution in [0.25, 0.3) is 11.1 Å². The van der Waals surface area contributed by atoms with Crippen molar-refractivity contribution < 1.29 is 9.90 Å². The van der Waals surface area contributed by atoms with Crippen molar-refractivity contribution in [1.82, 2.24) is 0 Å². The average Bonchev–Trinajstić information content (AvgIpc) is 2.95. The summed E-state index contributed by atoms with van der Waals surface area (Å²) in [5.41, 5.74) is 6.12. The second-order valence-corrected chi connectivity index (χ2v) is 6.87. The van der Waals surface area contributed by atoms with E-state index < -0.39 is 0 Å². The molecule has 1 N–H and O–H groups in total. The normalized spacial score (nSPS) is 12.9. The molecule has 0 spiro atoms. The van der Waals surface area contributed by atoms with Crippen LogP contribution in [0.15, 0.2) is 66.7 Å². The van der Waals surface area contributed by atoms with Gasteiger partial charge in [0.05, 0.1) is 5.56 Å². The highest BCUT2D eigenvalue weighted by molar-refractivity contribution is 6.02. The van der Waals surface area contributed by atoms with Gasteiger partial charge >= 0.3 is 0 Å². The fraction of sp³-hybridized carbons (Fsp3) is 0.174. The lowest BCUT2D eigenvalue weighted by Gasteiger charge is -2.19. The standard InChI is InChI=1S/C23H20O2/c1-14(2)23(25)22-19(12-7-13-20(22)24)21-17-10-5-3-8-15(17)16-9-4-6-11-18(16)21/h3-14,21,24H,1-2H3. The van der Waals surface area contributed by atoms with Gasteiger partial charge in [-0.3, -0.25) is 4.79 Å². The predicted octanol–water partition coefficient (Wildman–Crippen LogP) is 5.39. The topological polar surface area (TPSA) is 37.3 Å². The molecule has 0 fully saturated rings. The lowest BCUT2D eigenvalue weighted by atomic mass is 9.83. The molecule has 0 saturated carbocycles. The van der Waals surface area contributed by atoms with Crippen molar-refractivity contribution in [2.24, 2.45) is 5.92 Å². The summed E-state index contributed by atoms with van der Waals surface area (Å²) >= 11 is 0. The molecule has 0 amide bonds. The van der Waals surface area contributed by atoms with Crippen LogP contribution in [0.1, 0.15) is 46.8 Å². The Bertz CT molecular complexity index is 924. The van der Waals surface area contributed by atoms with E-state index in [9.17, 15) is 9.90 Å². The van der Waals surface area contributed by atoms with Crippen LogP contribution in [-0.2, 0) is 0 Å². The molecule has 0 saturated heterocycles. The molecule has 3 aromatic carbocycles. The number of carbonyl (C=O) groups is 1. The van der Waals surface area contributed by atoms with Crippen molar-refractivity contribution in [2.75, 3.05) is 0 Å². The maximum absolute atomic E-state index is 12.8. The van der Waals surface area contributed by atoms with Gasteiger partial charge in [-0.15, -0.1) is 0 Å². The SMILES string of the molecule is CC(C)C(=O)c1c(O)cccc1C1c2ccccc2-c2ccccc21. The summed E-state index contributed by atoms with van der Waals surface area (Å²) in [5, 5.41) is 10.4. The van der Waals surface area contributed by atoms with Crippen LogP contribution in [-0.4, -0.2) is 10.9 Å². The number of benzene rings is 3. The number of aromatic hydroxyl groups is 1. The average molecular weight is 328 g/mol. The number of ketones is 1. The summed E-state index contributed by atoms with van der Waals surface area (Å²) < 4.78 is 0. The highest BCUT2D eigenvalue weighted by Crippen LogP contribution is 2.49. The van der Waals surface area contributed by atoms with Gasteiger partial charge in [0, 0.05) is 11.8 Å². The van der Waals surface area contributed by atoms with Crippen molar-refractivity contribution >= 4 is 5.78 Å². The largest absolute Gasteiger partial charge is 0.507 e. The second kappa shape index (κ2) is 5.89. The minimum Gasteiger partial charge on any atom is -0.507 e. The summed E-state index contributed by atoms with van der Waals surface area (Å²) in [5.74, 6) is -0.149. The predicted molar refractivity (Wildman–Crippen MR) is 100 cm³/mol. The lowest BCUT2D eigenvalue weighted by molar-refractivity contribution is 0.0935. The third-order valence-corrected chi connectivity index (χ3v) is 4.99. The van der Waals surface area contributed by atoms with E-state index >= 15 is 0 Å². The third-order valence-electron chi connectivity index (χ3n) is 4.99. The Balaban J connectivity index is 2.01. The molecule has 3 aromatic rings. The van der Waals surface area contributed by atoms with E-state index in [1.165, 1.54) is 22.3 Å². The fourth-order valence-electron chi connectivity index (χ4n) is 3.85. The van der Waals surface area contributed by atoms with Gasteiger partial charge in [0.15, 0.2) is 5.78 Å². The maximum Gasteiger partial charge on any atom is 0.169 e. The van der Waals surface area contributed by atoms with Gasteiger partial charge in [-0.25, -0.2) is 0 Å². The van der Waals surface area contributed by atoms with Crippen molar-refractivity contribution in [3.63, 3.8) is 0 Å². The molecule has 2 heteroatoms. The molecule has 25 heavy (non-hydrogen) atoms. The van der Waals surface area contributed by atoms with Crippen LogP contribution in [0.3, 0.4) is 0 Å². The smallest absolute Gasteiger partial charge is 0.169 e. The van der Waals surface area contributed by atoms with E-state index in [1.807, 2.05) is 50.2 Å². The first-order valence-corrected chi connectivity index (χ1v) is 8.64. The summed E-state index contributed by atoms with van der Waals surface area (Å²) in [4.78, 5) is 12.8. The number of phenols is 1. The minimum absolute atomic E-state index is 0.0186. The maximum atomic E-state index is 12.8. The van der Waals surface area contributed by atoms with Gasteiger partial charge in [0.25, 0.3) is 0 Å². The Hall–Kier alpha value is -2.87. The van der Waals surface area contributed by atoms with E-state index in [0.717, 1.165) is 5.56 Å². The number of carbonyl (C=O) groups excluding carboxylic acids is 1. The number of hydrogen-bond donors (Lipinski definition) is 1. The highest BCUT2D eigenvalue weighted by Gasteiger charge is 2.33. The Morgan fingerprint density at radius 3 is 1.88 bits per heavy atom. The number of Topliss-reactive ketones (excluding diaryl/α,β-unsaturated/α-hetero) is 1. The molecular formula is C23H20O2. The molecule has 0 atom stereocenters. The van der Waals surface area contributed by atoms with E-state index in [2.05, 4.69) is 24.3 Å². The molecule has 0 unspecified atom stereocenters. The molecule has 0 bridgehead atoms. The highest BCUT2D eigenvalue weighted by atomic mass is 16.3. The van der Waals surface area contributed by atoms with E-state index in [-0.39, 0.29) is 23.4 Å². The minimum atomic E-state index is -0.168. The van der Waals surface area contributed by atoms with Crippen molar-refractivity contribution in [3.05, 3.63) is 89.0 Å². The van der Waals surface area contributed by atoms with E-state index in [4.69, 9.17) is 0 Å². The Kier molecular flexibility index (Phi) is 3.69. The van der Waals surface area contributed by atoms with Gasteiger partial charge in [-0.1, -0.05) is 74.5 Å². The van der Waals surface area contributed by atoms with Gasteiger partial charge < -0.3 is 5.11 Å². The monoisotopic (exact) mass is 328 g/mol.